The minimum Gasteiger partial charge on any atom is -1.00 e. The van der Waals surface area contributed by atoms with Crippen LogP contribution in [-0.4, -0.2) is 57.5 Å². The van der Waals surface area contributed by atoms with Crippen molar-refractivity contribution in [2.24, 2.45) is 0 Å². The zero-order valence-electron chi connectivity index (χ0n) is 9.86. The Morgan fingerprint density at radius 2 is 1.06 bits per heavy atom. The van der Waals surface area contributed by atoms with Crippen molar-refractivity contribution in [3.05, 3.63) is 0 Å². The van der Waals surface area contributed by atoms with Gasteiger partial charge in [-0.2, -0.15) is 25.3 Å². The van der Waals surface area contributed by atoms with Crippen molar-refractivity contribution in [1.29, 1.82) is 0 Å². The van der Waals surface area contributed by atoms with Crippen LogP contribution in [0.1, 0.15) is 1.43 Å². The molecule has 0 bridgehead atoms. The molecule has 0 aliphatic carbocycles. The van der Waals surface area contributed by atoms with Crippen molar-refractivity contribution in [3.8, 4) is 0 Å². The molecule has 0 aromatic carbocycles. The zero-order valence-corrected chi connectivity index (χ0v) is 11.3. The first kappa shape index (κ1) is 23.4. The molecule has 18 heavy (non-hydrogen) atoms. The normalized spacial score (nSPS) is 11.8. The minimum absolute atomic E-state index is 0. The first-order valence-electron chi connectivity index (χ1n) is 3.02. The fraction of sp³-hybridized carbons (Fsp3) is 1.00. The fourth-order valence-electron chi connectivity index (χ4n) is 0.224. The largest absolute Gasteiger partial charge is 1.00 e. The molecule has 0 unspecified atom stereocenters. The molecule has 0 spiro atoms. The predicted molar refractivity (Wildman–Crippen MR) is 51.8 cm³/mol. The summed E-state index contributed by atoms with van der Waals surface area (Å²) in [5, 5.41) is 8.20. The van der Waals surface area contributed by atoms with Crippen LogP contribution in [0, 0.1) is 0 Å². The molecule has 0 fully saturated rings. The fourth-order valence-corrected chi connectivity index (χ4v) is 0.768. The molecular weight excluding hydrogens is 318 g/mol. The van der Waals surface area contributed by atoms with E-state index in [1.54, 1.807) is 0 Å². The van der Waals surface area contributed by atoms with E-state index in [-0.39, 0.29) is 20.3 Å². The SMILES string of the molecule is CS(=O)(=O)O.O=S(=O)(O)OB(O)OS(=O)(=O)O.[H-].[Li+]. The second kappa shape index (κ2) is 8.44. The van der Waals surface area contributed by atoms with Gasteiger partial charge in [0.25, 0.3) is 10.1 Å². The van der Waals surface area contributed by atoms with Crippen LogP contribution in [0.15, 0.2) is 0 Å². The van der Waals surface area contributed by atoms with Crippen LogP contribution in [0.4, 0.5) is 0 Å². The zero-order chi connectivity index (χ0) is 14.5. The molecule has 0 aromatic heterocycles. The van der Waals surface area contributed by atoms with Gasteiger partial charge in [-0.1, -0.05) is 0 Å². The van der Waals surface area contributed by atoms with E-state index in [0.29, 0.717) is 6.26 Å². The van der Waals surface area contributed by atoms with Gasteiger partial charge in [0, 0.05) is 0 Å². The summed E-state index contributed by atoms with van der Waals surface area (Å²) >= 11 is 0. The second-order valence-corrected chi connectivity index (χ2v) is 5.65. The summed E-state index contributed by atoms with van der Waals surface area (Å²) in [6, 6.07) is 0. The molecule has 106 valence electrons. The number of hydrogen-bond donors (Lipinski definition) is 4. The topological polar surface area (TPSA) is 202 Å². The smallest absolute Gasteiger partial charge is 1.00 e. The molecule has 0 aromatic rings. The Hall–Kier alpha value is 0.272. The summed E-state index contributed by atoms with van der Waals surface area (Å²) < 4.78 is 86.8. The van der Waals surface area contributed by atoms with Gasteiger partial charge in [0.2, 0.25) is 0 Å². The molecular formula is CH8BLiO12S3. The molecule has 0 radical (unpaired) electrons. The van der Waals surface area contributed by atoms with E-state index in [0.717, 1.165) is 0 Å². The van der Waals surface area contributed by atoms with Crippen LogP contribution in [-0.2, 0) is 39.1 Å². The third-order valence-electron chi connectivity index (χ3n) is 0.408. The summed E-state index contributed by atoms with van der Waals surface area (Å²) in [4.78, 5) is 0. The first-order valence-corrected chi connectivity index (χ1v) is 7.60. The Morgan fingerprint density at radius 1 is 0.889 bits per heavy atom. The molecule has 0 amide bonds. The summed E-state index contributed by atoms with van der Waals surface area (Å²) in [5.41, 5.74) is 0. The average molecular weight is 326 g/mol. The van der Waals surface area contributed by atoms with E-state index in [9.17, 15) is 25.3 Å². The Kier molecular flexibility index (Phi) is 11.0. The maximum Gasteiger partial charge on any atom is 1.00 e. The first-order chi connectivity index (χ1) is 7.10. The van der Waals surface area contributed by atoms with Gasteiger partial charge in [0.15, 0.2) is 0 Å². The van der Waals surface area contributed by atoms with Crippen molar-refractivity contribution in [3.63, 3.8) is 0 Å². The molecule has 0 aliphatic rings. The van der Waals surface area contributed by atoms with Gasteiger partial charge in [-0.3, -0.25) is 13.7 Å². The van der Waals surface area contributed by atoms with Gasteiger partial charge in [-0.15, -0.1) is 0 Å². The van der Waals surface area contributed by atoms with Gasteiger partial charge < -0.3 is 6.45 Å². The van der Waals surface area contributed by atoms with E-state index in [2.05, 4.69) is 8.20 Å². The van der Waals surface area contributed by atoms with Crippen molar-refractivity contribution in [2.75, 3.05) is 6.26 Å². The monoisotopic (exact) mass is 326 g/mol. The van der Waals surface area contributed by atoms with Crippen molar-refractivity contribution >= 4 is 38.2 Å². The third-order valence-corrected chi connectivity index (χ3v) is 1.22. The van der Waals surface area contributed by atoms with Crippen LogP contribution in [0.3, 0.4) is 0 Å². The van der Waals surface area contributed by atoms with Crippen LogP contribution in [0.5, 0.6) is 0 Å². The molecule has 0 atom stereocenters. The number of rotatable bonds is 4. The standard InChI is InChI=1S/CH4O3S.BH3O9S2.Li.H/c1-5(2,3)4;2-1(9-11(3,4)5)10-12(6,7)8;;/h1H3,(H,2,3,4);2H,(H,3,4,5)(H,6,7,8);;/q;;+1;-1. The maximum absolute atomic E-state index is 9.74. The molecule has 0 aliphatic heterocycles. The Morgan fingerprint density at radius 3 is 1.17 bits per heavy atom. The summed E-state index contributed by atoms with van der Waals surface area (Å²) in [6.07, 6.45) is 0.715. The van der Waals surface area contributed by atoms with Crippen LogP contribution < -0.4 is 18.9 Å². The molecule has 0 heterocycles. The Balaban J connectivity index is -0.000000139. The van der Waals surface area contributed by atoms with Crippen LogP contribution in [0.25, 0.3) is 0 Å². The maximum atomic E-state index is 9.74. The Bertz CT molecular complexity index is 477. The average Bonchev–Trinajstić information content (AvgIpc) is 1.69. The van der Waals surface area contributed by atoms with Crippen molar-refractivity contribution in [1.82, 2.24) is 0 Å². The van der Waals surface area contributed by atoms with Gasteiger partial charge in [-0.05, 0) is 0 Å². The van der Waals surface area contributed by atoms with Crippen LogP contribution in [0.2, 0.25) is 0 Å². The van der Waals surface area contributed by atoms with Gasteiger partial charge in [0.05, 0.1) is 6.26 Å². The number of hydrogen-bond acceptors (Lipinski definition) is 9. The van der Waals surface area contributed by atoms with Gasteiger partial charge in [-0.25, -0.2) is 8.20 Å². The predicted octanol–water partition coefficient (Wildman–Crippen LogP) is -5.78. The van der Waals surface area contributed by atoms with Crippen molar-refractivity contribution < 1.29 is 72.4 Å². The quantitative estimate of drug-likeness (QED) is 0.282. The van der Waals surface area contributed by atoms with Gasteiger partial charge >= 0.3 is 47.0 Å². The van der Waals surface area contributed by atoms with E-state index in [1.165, 1.54) is 0 Å². The molecule has 0 saturated carbocycles. The summed E-state index contributed by atoms with van der Waals surface area (Å²) in [6.45, 7) is 0. The molecule has 17 heteroatoms. The molecule has 4 N–H and O–H groups in total. The Labute approximate surface area is 117 Å². The minimum atomic E-state index is -5.05. The van der Waals surface area contributed by atoms with E-state index >= 15 is 0 Å². The molecule has 12 nitrogen and oxygen atoms in total. The van der Waals surface area contributed by atoms with E-state index in [1.807, 2.05) is 0 Å². The van der Waals surface area contributed by atoms with E-state index < -0.39 is 38.2 Å². The summed E-state index contributed by atoms with van der Waals surface area (Å²) in [5.74, 6) is 0. The van der Waals surface area contributed by atoms with Crippen LogP contribution >= 0.6 is 0 Å². The van der Waals surface area contributed by atoms with Gasteiger partial charge in [0.1, 0.15) is 0 Å². The van der Waals surface area contributed by atoms with E-state index in [4.69, 9.17) is 18.7 Å². The molecule has 0 rings (SSSR count). The van der Waals surface area contributed by atoms with Crippen molar-refractivity contribution in [2.45, 2.75) is 0 Å². The second-order valence-electron chi connectivity index (χ2n) is 2.09. The molecule has 0 saturated heterocycles. The summed E-state index contributed by atoms with van der Waals surface area (Å²) in [7, 11) is -16.6. The third kappa shape index (κ3) is 36.0.